The van der Waals surface area contributed by atoms with Crippen LogP contribution >= 0.6 is 22.9 Å². The molecule has 0 radical (unpaired) electrons. The molecule has 2 N–H and O–H groups in total. The van der Waals surface area contributed by atoms with Gasteiger partial charge in [0.2, 0.25) is 17.2 Å². The van der Waals surface area contributed by atoms with Crippen molar-refractivity contribution < 1.29 is 0 Å². The largest absolute Gasteiger partial charge is 0.354 e. The summed E-state index contributed by atoms with van der Waals surface area (Å²) in [4.78, 5) is 15.1. The van der Waals surface area contributed by atoms with Crippen molar-refractivity contribution in [2.24, 2.45) is 0 Å². The summed E-state index contributed by atoms with van der Waals surface area (Å²) in [7, 11) is 0. The monoisotopic (exact) mass is 311 g/mol. The summed E-state index contributed by atoms with van der Waals surface area (Å²) in [5.41, 5.74) is 0. The molecular weight excluding hydrogens is 294 g/mol. The van der Waals surface area contributed by atoms with E-state index in [1.165, 1.54) is 9.75 Å². The molecule has 1 unspecified atom stereocenters. The van der Waals surface area contributed by atoms with Crippen LogP contribution in [0.2, 0.25) is 5.28 Å². The molecule has 2 aromatic heterocycles. The van der Waals surface area contributed by atoms with Gasteiger partial charge in [0.15, 0.2) is 0 Å². The molecule has 0 aromatic carbocycles. The zero-order valence-corrected chi connectivity index (χ0v) is 13.3. The van der Waals surface area contributed by atoms with Gasteiger partial charge in [-0.05, 0) is 44.5 Å². The predicted octanol–water partition coefficient (Wildman–Crippen LogP) is 3.37. The second-order valence-corrected chi connectivity index (χ2v) is 6.25. The zero-order valence-electron chi connectivity index (χ0n) is 11.8. The molecule has 5 nitrogen and oxygen atoms in total. The quantitative estimate of drug-likeness (QED) is 0.856. The molecular formula is C13H18ClN5S. The molecule has 7 heteroatoms. The highest BCUT2D eigenvalue weighted by atomic mass is 35.5. The van der Waals surface area contributed by atoms with Crippen LogP contribution in [0.15, 0.2) is 12.1 Å². The maximum Gasteiger partial charge on any atom is 0.229 e. The van der Waals surface area contributed by atoms with Crippen LogP contribution in [-0.4, -0.2) is 27.5 Å². The fourth-order valence-electron chi connectivity index (χ4n) is 1.82. The number of hydrogen-bond donors (Lipinski definition) is 2. The standard InChI is InChI=1S/C13H18ClN5S/c1-4-15-12-17-11(14)18-13(19-12)16-8(2)7-10-6-5-9(3)20-10/h5-6,8H,4,7H2,1-3H3,(H2,15,16,17,18,19). The van der Waals surface area contributed by atoms with Crippen LogP contribution in [0.3, 0.4) is 0 Å². The third kappa shape index (κ3) is 4.31. The number of rotatable bonds is 6. The first-order valence-electron chi connectivity index (χ1n) is 6.54. The lowest BCUT2D eigenvalue weighted by atomic mass is 10.2. The molecule has 20 heavy (non-hydrogen) atoms. The molecule has 0 fully saturated rings. The van der Waals surface area contributed by atoms with E-state index < -0.39 is 0 Å². The first kappa shape index (κ1) is 15.0. The molecule has 0 saturated carbocycles. The minimum Gasteiger partial charge on any atom is -0.354 e. The van der Waals surface area contributed by atoms with Gasteiger partial charge in [-0.3, -0.25) is 0 Å². The van der Waals surface area contributed by atoms with E-state index >= 15 is 0 Å². The van der Waals surface area contributed by atoms with Crippen LogP contribution in [0.5, 0.6) is 0 Å². The second-order valence-electron chi connectivity index (χ2n) is 4.54. The lowest BCUT2D eigenvalue weighted by molar-refractivity contribution is 0.783. The highest BCUT2D eigenvalue weighted by Crippen LogP contribution is 2.18. The first-order valence-corrected chi connectivity index (χ1v) is 7.73. The van der Waals surface area contributed by atoms with Gasteiger partial charge < -0.3 is 10.6 Å². The Morgan fingerprint density at radius 2 is 2.00 bits per heavy atom. The number of aryl methyl sites for hydroxylation is 1. The van der Waals surface area contributed by atoms with Gasteiger partial charge in [0.1, 0.15) is 0 Å². The van der Waals surface area contributed by atoms with Crippen molar-refractivity contribution >= 4 is 34.8 Å². The Morgan fingerprint density at radius 1 is 1.25 bits per heavy atom. The molecule has 2 aromatic rings. The van der Waals surface area contributed by atoms with Crippen LogP contribution in [0.1, 0.15) is 23.6 Å². The molecule has 0 bridgehead atoms. The van der Waals surface area contributed by atoms with Crippen LogP contribution in [0.25, 0.3) is 0 Å². The van der Waals surface area contributed by atoms with Crippen molar-refractivity contribution in [2.75, 3.05) is 17.2 Å². The van der Waals surface area contributed by atoms with Gasteiger partial charge in [-0.1, -0.05) is 0 Å². The van der Waals surface area contributed by atoms with E-state index in [9.17, 15) is 0 Å². The van der Waals surface area contributed by atoms with Crippen LogP contribution in [-0.2, 0) is 6.42 Å². The van der Waals surface area contributed by atoms with E-state index in [0.717, 1.165) is 13.0 Å². The SMILES string of the molecule is CCNc1nc(Cl)nc(NC(C)Cc2ccc(C)s2)n1. The number of halogens is 1. The maximum atomic E-state index is 5.89. The molecule has 0 aliphatic rings. The summed E-state index contributed by atoms with van der Waals surface area (Å²) in [6, 6.07) is 4.51. The fraction of sp³-hybridized carbons (Fsp3) is 0.462. The average Bonchev–Trinajstić information content (AvgIpc) is 2.74. The molecule has 1 atom stereocenters. The van der Waals surface area contributed by atoms with Gasteiger partial charge in [-0.15, -0.1) is 11.3 Å². The third-order valence-corrected chi connectivity index (χ3v) is 3.81. The lowest BCUT2D eigenvalue weighted by Gasteiger charge is -2.13. The van der Waals surface area contributed by atoms with Gasteiger partial charge in [-0.2, -0.15) is 15.0 Å². The summed E-state index contributed by atoms with van der Waals surface area (Å²) in [6.07, 6.45) is 0.929. The number of anilines is 2. The Balaban J connectivity index is 2.01. The van der Waals surface area contributed by atoms with E-state index in [1.54, 1.807) is 0 Å². The smallest absolute Gasteiger partial charge is 0.229 e. The molecule has 108 valence electrons. The van der Waals surface area contributed by atoms with Crippen LogP contribution in [0.4, 0.5) is 11.9 Å². The fourth-order valence-corrected chi connectivity index (χ4v) is 3.00. The van der Waals surface area contributed by atoms with Gasteiger partial charge in [0.05, 0.1) is 0 Å². The molecule has 0 aliphatic carbocycles. The van der Waals surface area contributed by atoms with Crippen molar-refractivity contribution in [3.8, 4) is 0 Å². The number of hydrogen-bond acceptors (Lipinski definition) is 6. The molecule has 2 heterocycles. The van der Waals surface area contributed by atoms with Crippen molar-refractivity contribution in [3.05, 3.63) is 27.2 Å². The van der Waals surface area contributed by atoms with Crippen molar-refractivity contribution in [2.45, 2.75) is 33.2 Å². The van der Waals surface area contributed by atoms with E-state index in [4.69, 9.17) is 11.6 Å². The second kappa shape index (κ2) is 6.85. The minimum atomic E-state index is 0.192. The first-order chi connectivity index (χ1) is 9.56. The number of thiophene rings is 1. The summed E-state index contributed by atoms with van der Waals surface area (Å²) in [5, 5.41) is 6.48. The lowest BCUT2D eigenvalue weighted by Crippen LogP contribution is -2.20. The molecule has 0 saturated heterocycles. The van der Waals surface area contributed by atoms with Gasteiger partial charge in [0, 0.05) is 28.8 Å². The number of nitrogens with one attached hydrogen (secondary N) is 2. The van der Waals surface area contributed by atoms with Gasteiger partial charge in [-0.25, -0.2) is 0 Å². The Bertz CT molecular complexity index is 572. The molecule has 0 aliphatic heterocycles. The minimum absolute atomic E-state index is 0.192. The average molecular weight is 312 g/mol. The van der Waals surface area contributed by atoms with E-state index in [0.29, 0.717) is 11.9 Å². The summed E-state index contributed by atoms with van der Waals surface area (Å²) in [5.74, 6) is 0.996. The van der Waals surface area contributed by atoms with Gasteiger partial charge in [0.25, 0.3) is 0 Å². The predicted molar refractivity (Wildman–Crippen MR) is 84.8 cm³/mol. The zero-order chi connectivity index (χ0) is 14.5. The van der Waals surface area contributed by atoms with Crippen molar-refractivity contribution in [1.29, 1.82) is 0 Å². The van der Waals surface area contributed by atoms with E-state index in [1.807, 2.05) is 18.3 Å². The molecule has 0 amide bonds. The number of aromatic nitrogens is 3. The summed E-state index contributed by atoms with van der Waals surface area (Å²) in [6.45, 7) is 6.93. The highest BCUT2D eigenvalue weighted by Gasteiger charge is 2.09. The van der Waals surface area contributed by atoms with E-state index in [-0.39, 0.29) is 11.3 Å². The summed E-state index contributed by atoms with van der Waals surface area (Å²) < 4.78 is 0. The Kier molecular flexibility index (Phi) is 5.14. The van der Waals surface area contributed by atoms with Crippen molar-refractivity contribution in [3.63, 3.8) is 0 Å². The van der Waals surface area contributed by atoms with E-state index in [2.05, 4.69) is 51.6 Å². The van der Waals surface area contributed by atoms with Crippen LogP contribution < -0.4 is 10.6 Å². The Hall–Kier alpha value is -1.40. The normalized spacial score (nSPS) is 12.2. The van der Waals surface area contributed by atoms with Crippen molar-refractivity contribution in [1.82, 2.24) is 15.0 Å². The Morgan fingerprint density at radius 3 is 2.65 bits per heavy atom. The third-order valence-electron chi connectivity index (χ3n) is 2.62. The van der Waals surface area contributed by atoms with Crippen LogP contribution in [0, 0.1) is 6.92 Å². The topological polar surface area (TPSA) is 62.7 Å². The Labute approximate surface area is 127 Å². The highest BCUT2D eigenvalue weighted by molar-refractivity contribution is 7.11. The molecule has 0 spiro atoms. The molecule has 2 rings (SSSR count). The summed E-state index contributed by atoms with van der Waals surface area (Å²) >= 11 is 7.70. The number of nitrogens with zero attached hydrogens (tertiary/aromatic N) is 3. The maximum absolute atomic E-state index is 5.89. The van der Waals surface area contributed by atoms with Gasteiger partial charge >= 0.3 is 0 Å².